The monoisotopic (exact) mass is 493 g/mol. The van der Waals surface area contributed by atoms with E-state index in [0.29, 0.717) is 28.8 Å². The molecule has 0 radical (unpaired) electrons. The smallest absolute Gasteiger partial charge is 0.286 e. The van der Waals surface area contributed by atoms with Gasteiger partial charge in [0.2, 0.25) is 5.01 Å². The van der Waals surface area contributed by atoms with Crippen molar-refractivity contribution < 1.29 is 14.3 Å². The quantitative estimate of drug-likeness (QED) is 0.407. The van der Waals surface area contributed by atoms with E-state index < -0.39 is 0 Å². The molecule has 8 nitrogen and oxygen atoms in total. The summed E-state index contributed by atoms with van der Waals surface area (Å²) in [6.07, 6.45) is 4.78. The lowest BCUT2D eigenvalue weighted by Gasteiger charge is -2.33. The SMILES string of the molecule is C[C@H]1CCCCN1CCCNC(=O)c1ccc(NC(=O)c2nnc(COc3ccccc3)s2)cc1. The minimum absolute atomic E-state index is 0.109. The van der Waals surface area contributed by atoms with Gasteiger partial charge in [-0.2, -0.15) is 0 Å². The molecule has 35 heavy (non-hydrogen) atoms. The highest BCUT2D eigenvalue weighted by Crippen LogP contribution is 2.18. The first-order valence-electron chi connectivity index (χ1n) is 12.0. The molecule has 0 saturated carbocycles. The van der Waals surface area contributed by atoms with Crippen LogP contribution in [0.2, 0.25) is 0 Å². The van der Waals surface area contributed by atoms with E-state index in [0.717, 1.165) is 25.3 Å². The lowest BCUT2D eigenvalue weighted by Crippen LogP contribution is -2.39. The second-order valence-corrected chi connectivity index (χ2v) is 9.69. The number of amides is 2. The number of para-hydroxylation sites is 1. The first-order valence-corrected chi connectivity index (χ1v) is 12.8. The molecule has 4 rings (SSSR count). The van der Waals surface area contributed by atoms with Crippen LogP contribution >= 0.6 is 11.3 Å². The first-order chi connectivity index (χ1) is 17.1. The maximum atomic E-state index is 12.5. The average molecular weight is 494 g/mol. The van der Waals surface area contributed by atoms with Crippen molar-refractivity contribution in [2.24, 2.45) is 0 Å². The highest BCUT2D eigenvalue weighted by Gasteiger charge is 2.17. The Morgan fingerprint density at radius 1 is 1.06 bits per heavy atom. The molecule has 1 fully saturated rings. The molecule has 0 aliphatic carbocycles. The summed E-state index contributed by atoms with van der Waals surface area (Å²) >= 11 is 1.18. The Kier molecular flexibility index (Phi) is 8.80. The molecule has 1 aliphatic rings. The third kappa shape index (κ3) is 7.34. The molecule has 1 aromatic heterocycles. The van der Waals surface area contributed by atoms with Crippen LogP contribution in [-0.2, 0) is 6.61 Å². The van der Waals surface area contributed by atoms with E-state index >= 15 is 0 Å². The lowest BCUT2D eigenvalue weighted by atomic mass is 10.0. The van der Waals surface area contributed by atoms with E-state index in [1.165, 1.54) is 30.6 Å². The first kappa shape index (κ1) is 24.8. The van der Waals surface area contributed by atoms with Crippen molar-refractivity contribution >= 4 is 28.8 Å². The largest absolute Gasteiger partial charge is 0.486 e. The van der Waals surface area contributed by atoms with Gasteiger partial charge in [0, 0.05) is 30.4 Å². The highest BCUT2D eigenvalue weighted by atomic mass is 32.1. The minimum Gasteiger partial charge on any atom is -0.486 e. The van der Waals surface area contributed by atoms with Crippen LogP contribution in [0.1, 0.15) is 57.8 Å². The predicted octanol–water partition coefficient (Wildman–Crippen LogP) is 4.36. The van der Waals surface area contributed by atoms with Gasteiger partial charge < -0.3 is 20.3 Å². The molecule has 0 spiro atoms. The summed E-state index contributed by atoms with van der Waals surface area (Å²) in [5, 5.41) is 14.6. The number of carbonyl (C=O) groups is 2. The third-order valence-corrected chi connectivity index (χ3v) is 6.92. The van der Waals surface area contributed by atoms with Gasteiger partial charge in [-0.3, -0.25) is 9.59 Å². The normalized spacial score (nSPS) is 16.0. The van der Waals surface area contributed by atoms with Gasteiger partial charge in [-0.1, -0.05) is 36.0 Å². The zero-order valence-corrected chi connectivity index (χ0v) is 20.7. The lowest BCUT2D eigenvalue weighted by molar-refractivity contribution is 0.0948. The van der Waals surface area contributed by atoms with E-state index in [9.17, 15) is 9.59 Å². The molecular formula is C26H31N5O3S. The zero-order chi connectivity index (χ0) is 24.5. The predicted molar refractivity (Wildman–Crippen MR) is 137 cm³/mol. The van der Waals surface area contributed by atoms with Crippen molar-refractivity contribution in [1.82, 2.24) is 20.4 Å². The Labute approximate surface area is 209 Å². The number of hydrogen-bond donors (Lipinski definition) is 2. The molecule has 0 bridgehead atoms. The molecule has 3 aromatic rings. The Balaban J connectivity index is 1.20. The third-order valence-electron chi connectivity index (χ3n) is 6.02. The molecule has 9 heteroatoms. The minimum atomic E-state index is -0.349. The van der Waals surface area contributed by atoms with Crippen LogP contribution in [0.15, 0.2) is 54.6 Å². The number of piperidine rings is 1. The van der Waals surface area contributed by atoms with Crippen molar-refractivity contribution in [1.29, 1.82) is 0 Å². The van der Waals surface area contributed by atoms with Crippen LogP contribution in [0.5, 0.6) is 5.75 Å². The van der Waals surface area contributed by atoms with E-state index in [4.69, 9.17) is 4.74 Å². The summed E-state index contributed by atoms with van der Waals surface area (Å²) in [5.74, 6) is 0.272. The van der Waals surface area contributed by atoms with E-state index in [2.05, 4.69) is 32.7 Å². The van der Waals surface area contributed by atoms with Crippen molar-refractivity contribution in [3.63, 3.8) is 0 Å². The number of hydrogen-bond acceptors (Lipinski definition) is 7. The summed E-state index contributed by atoms with van der Waals surface area (Å²) < 4.78 is 5.65. The number of rotatable bonds is 10. The maximum Gasteiger partial charge on any atom is 0.286 e. The van der Waals surface area contributed by atoms with Crippen LogP contribution in [0, 0.1) is 0 Å². The Morgan fingerprint density at radius 3 is 2.63 bits per heavy atom. The van der Waals surface area contributed by atoms with Crippen LogP contribution in [-0.4, -0.2) is 52.6 Å². The standard InChI is InChI=1S/C26H31N5O3S/c1-19-8-5-6-16-31(19)17-7-15-27-24(32)20-11-13-21(14-12-20)28-25(33)26-30-29-23(35-26)18-34-22-9-3-2-4-10-22/h2-4,9-14,19H,5-8,15-18H2,1H3,(H,27,32)(H,28,33)/t19-/m0/s1. The molecule has 1 saturated heterocycles. The Hall–Kier alpha value is -3.30. The number of aromatic nitrogens is 2. The van der Waals surface area contributed by atoms with Crippen LogP contribution in [0.3, 0.4) is 0 Å². The van der Waals surface area contributed by atoms with Gasteiger partial charge in [0.25, 0.3) is 11.8 Å². The number of nitrogens with zero attached hydrogens (tertiary/aromatic N) is 3. The van der Waals surface area contributed by atoms with Gasteiger partial charge in [-0.15, -0.1) is 10.2 Å². The second-order valence-electron chi connectivity index (χ2n) is 8.62. The van der Waals surface area contributed by atoms with Gasteiger partial charge in [0.1, 0.15) is 12.4 Å². The fourth-order valence-electron chi connectivity index (χ4n) is 4.03. The number of carbonyl (C=O) groups excluding carboxylic acids is 2. The molecule has 2 heterocycles. The summed E-state index contributed by atoms with van der Waals surface area (Å²) in [5.41, 5.74) is 1.15. The summed E-state index contributed by atoms with van der Waals surface area (Å²) in [6.45, 7) is 5.34. The molecular weight excluding hydrogens is 462 g/mol. The van der Waals surface area contributed by atoms with Gasteiger partial charge in [-0.05, 0) is 69.1 Å². The number of nitrogens with one attached hydrogen (secondary N) is 2. The van der Waals surface area contributed by atoms with Crippen molar-refractivity contribution in [2.45, 2.75) is 45.3 Å². The fourth-order valence-corrected chi connectivity index (χ4v) is 4.68. The van der Waals surface area contributed by atoms with Crippen molar-refractivity contribution in [2.75, 3.05) is 25.0 Å². The summed E-state index contributed by atoms with van der Waals surface area (Å²) in [4.78, 5) is 27.5. The molecule has 0 unspecified atom stereocenters. The molecule has 184 valence electrons. The average Bonchev–Trinajstić information content (AvgIpc) is 3.37. The van der Waals surface area contributed by atoms with Gasteiger partial charge in [0.15, 0.2) is 5.01 Å². The van der Waals surface area contributed by atoms with Gasteiger partial charge in [0.05, 0.1) is 0 Å². The van der Waals surface area contributed by atoms with E-state index in [1.807, 2.05) is 30.3 Å². The highest BCUT2D eigenvalue weighted by molar-refractivity contribution is 7.13. The van der Waals surface area contributed by atoms with Crippen LogP contribution in [0.4, 0.5) is 5.69 Å². The summed E-state index contributed by atoms with van der Waals surface area (Å²) in [6, 6.07) is 16.9. The molecule has 2 amide bonds. The van der Waals surface area contributed by atoms with Crippen LogP contribution in [0.25, 0.3) is 0 Å². The molecule has 2 N–H and O–H groups in total. The van der Waals surface area contributed by atoms with E-state index in [-0.39, 0.29) is 23.4 Å². The van der Waals surface area contributed by atoms with Gasteiger partial charge >= 0.3 is 0 Å². The number of benzene rings is 2. The Morgan fingerprint density at radius 2 is 1.86 bits per heavy atom. The summed E-state index contributed by atoms with van der Waals surface area (Å²) in [7, 11) is 0. The van der Waals surface area contributed by atoms with Crippen LogP contribution < -0.4 is 15.4 Å². The second kappa shape index (κ2) is 12.4. The molecule has 2 aromatic carbocycles. The van der Waals surface area contributed by atoms with Crippen molar-refractivity contribution in [3.8, 4) is 5.75 Å². The number of likely N-dealkylation sites (tertiary alicyclic amines) is 1. The number of anilines is 1. The van der Waals surface area contributed by atoms with E-state index in [1.54, 1.807) is 24.3 Å². The van der Waals surface area contributed by atoms with Crippen molar-refractivity contribution in [3.05, 3.63) is 70.2 Å². The molecule has 1 atom stereocenters. The Bertz CT molecular complexity index is 1100. The maximum absolute atomic E-state index is 12.5. The topological polar surface area (TPSA) is 96.5 Å². The zero-order valence-electron chi connectivity index (χ0n) is 19.9. The van der Waals surface area contributed by atoms with Gasteiger partial charge in [-0.25, -0.2) is 0 Å². The number of ether oxygens (including phenoxy) is 1. The molecule has 1 aliphatic heterocycles. The fraction of sp³-hybridized carbons (Fsp3) is 0.385.